The fourth-order valence-electron chi connectivity index (χ4n) is 1.43. The van der Waals surface area contributed by atoms with E-state index in [4.69, 9.17) is 14.6 Å². The Bertz CT molecular complexity index is 478. The molecule has 1 aromatic rings. The molecule has 6 nitrogen and oxygen atoms in total. The van der Waals surface area contributed by atoms with Crippen LogP contribution in [0.25, 0.3) is 0 Å². The molecule has 0 unspecified atom stereocenters. The number of hydrogen-bond acceptors (Lipinski definition) is 4. The molecule has 0 fully saturated rings. The molecule has 0 bridgehead atoms. The third-order valence-corrected chi connectivity index (χ3v) is 3.05. The Morgan fingerprint density at radius 2 is 2.15 bits per heavy atom. The number of carboxylic acid groups (broad SMARTS) is 1. The summed E-state index contributed by atoms with van der Waals surface area (Å²) in [5.41, 5.74) is 0.0454. The van der Waals surface area contributed by atoms with Crippen LogP contribution in [0.3, 0.4) is 0 Å². The smallest absolute Gasteiger partial charge is 0.339 e. The molecule has 7 heteroatoms. The van der Waals surface area contributed by atoms with Gasteiger partial charge in [-0.25, -0.2) is 4.79 Å². The van der Waals surface area contributed by atoms with E-state index in [1.165, 1.54) is 6.07 Å². The minimum absolute atomic E-state index is 0.0454. The van der Waals surface area contributed by atoms with Crippen molar-refractivity contribution in [2.24, 2.45) is 0 Å². The normalized spacial score (nSPS) is 10.1. The predicted molar refractivity (Wildman–Crippen MR) is 81.1 cm³/mol. The number of carbonyl (C=O) groups is 2. The molecule has 0 aromatic heterocycles. The van der Waals surface area contributed by atoms with Crippen molar-refractivity contribution in [1.82, 2.24) is 5.32 Å². The highest BCUT2D eigenvalue weighted by Gasteiger charge is 2.13. The summed E-state index contributed by atoms with van der Waals surface area (Å²) in [5.74, 6) is -1.19. The third-order valence-electron chi connectivity index (χ3n) is 2.38. The molecule has 0 heterocycles. The van der Waals surface area contributed by atoms with Crippen molar-refractivity contribution in [3.05, 3.63) is 27.3 Å². The van der Waals surface area contributed by atoms with Crippen LogP contribution in [0.2, 0.25) is 0 Å². The second-order valence-corrected chi connectivity index (χ2v) is 5.18. The second-order valence-electron chi connectivity index (χ2n) is 3.93. The van der Waals surface area contributed by atoms with E-state index in [1.807, 2.05) is 22.6 Å². The molecule has 2 N–H and O–H groups in total. The van der Waals surface area contributed by atoms with Gasteiger partial charge in [0.05, 0.1) is 0 Å². The molecule has 0 atom stereocenters. The van der Waals surface area contributed by atoms with Crippen LogP contribution in [-0.4, -0.2) is 43.9 Å². The molecule has 1 amide bonds. The van der Waals surface area contributed by atoms with Crippen LogP contribution in [-0.2, 0) is 9.53 Å². The highest BCUT2D eigenvalue weighted by molar-refractivity contribution is 14.1. The van der Waals surface area contributed by atoms with E-state index in [1.54, 1.807) is 19.2 Å². The number of hydrogen-bond donors (Lipinski definition) is 2. The fourth-order valence-corrected chi connectivity index (χ4v) is 1.93. The van der Waals surface area contributed by atoms with Crippen molar-refractivity contribution in [2.75, 3.05) is 26.9 Å². The van der Waals surface area contributed by atoms with Crippen LogP contribution in [0, 0.1) is 3.57 Å². The molecule has 0 saturated heterocycles. The number of carboxylic acids is 1. The van der Waals surface area contributed by atoms with Gasteiger partial charge in [0.1, 0.15) is 11.3 Å². The number of ether oxygens (including phenoxy) is 2. The summed E-state index contributed by atoms with van der Waals surface area (Å²) in [5, 5.41) is 11.7. The van der Waals surface area contributed by atoms with Gasteiger partial charge in [0.2, 0.25) is 0 Å². The van der Waals surface area contributed by atoms with Gasteiger partial charge < -0.3 is 19.9 Å². The van der Waals surface area contributed by atoms with Crippen molar-refractivity contribution >= 4 is 34.5 Å². The first-order chi connectivity index (χ1) is 9.54. The Kier molecular flexibility index (Phi) is 7.31. The van der Waals surface area contributed by atoms with E-state index in [0.717, 1.165) is 3.57 Å². The van der Waals surface area contributed by atoms with Gasteiger partial charge in [-0.1, -0.05) is 0 Å². The van der Waals surface area contributed by atoms with Crippen molar-refractivity contribution in [3.8, 4) is 5.75 Å². The summed E-state index contributed by atoms with van der Waals surface area (Å²) in [6.45, 7) is 0.851. The van der Waals surface area contributed by atoms with Crippen LogP contribution >= 0.6 is 22.6 Å². The van der Waals surface area contributed by atoms with E-state index in [2.05, 4.69) is 5.32 Å². The molecule has 1 aromatic carbocycles. The van der Waals surface area contributed by atoms with Crippen molar-refractivity contribution in [1.29, 1.82) is 0 Å². The maximum absolute atomic E-state index is 11.5. The summed E-state index contributed by atoms with van der Waals surface area (Å²) in [6, 6.07) is 4.76. The van der Waals surface area contributed by atoms with Crippen LogP contribution in [0.1, 0.15) is 16.8 Å². The largest absolute Gasteiger partial charge is 0.483 e. The average molecular weight is 393 g/mol. The maximum atomic E-state index is 11.5. The summed E-state index contributed by atoms with van der Waals surface area (Å²) in [4.78, 5) is 22.6. The molecule has 1 rings (SSSR count). The number of rotatable bonds is 8. The Hall–Kier alpha value is -1.35. The number of amides is 1. The topological polar surface area (TPSA) is 84.9 Å². The molecule has 0 aliphatic rings. The fraction of sp³-hybridized carbons (Fsp3) is 0.385. The summed E-state index contributed by atoms with van der Waals surface area (Å²) in [7, 11) is 1.59. The molecule has 110 valence electrons. The lowest BCUT2D eigenvalue weighted by molar-refractivity contribution is -0.123. The average Bonchev–Trinajstić information content (AvgIpc) is 2.42. The zero-order valence-electron chi connectivity index (χ0n) is 11.0. The maximum Gasteiger partial charge on any atom is 0.339 e. The lowest BCUT2D eigenvalue weighted by Crippen LogP contribution is -2.30. The zero-order valence-corrected chi connectivity index (χ0v) is 13.2. The van der Waals surface area contributed by atoms with Crippen LogP contribution in [0.4, 0.5) is 0 Å². The zero-order chi connectivity index (χ0) is 15.0. The molecule has 20 heavy (non-hydrogen) atoms. The van der Waals surface area contributed by atoms with Crippen LogP contribution < -0.4 is 10.1 Å². The number of carbonyl (C=O) groups excluding carboxylic acids is 1. The number of benzene rings is 1. The van der Waals surface area contributed by atoms with Crippen molar-refractivity contribution < 1.29 is 24.2 Å². The van der Waals surface area contributed by atoms with Gasteiger partial charge in [0.15, 0.2) is 6.61 Å². The van der Waals surface area contributed by atoms with Gasteiger partial charge in [-0.05, 0) is 47.2 Å². The minimum Gasteiger partial charge on any atom is -0.483 e. The summed E-state index contributed by atoms with van der Waals surface area (Å²) in [6.07, 6.45) is 0.714. The monoisotopic (exact) mass is 393 g/mol. The van der Waals surface area contributed by atoms with E-state index >= 15 is 0 Å². The van der Waals surface area contributed by atoms with E-state index < -0.39 is 5.97 Å². The Morgan fingerprint density at radius 1 is 1.40 bits per heavy atom. The van der Waals surface area contributed by atoms with Crippen molar-refractivity contribution in [2.45, 2.75) is 6.42 Å². The molecule has 0 aliphatic heterocycles. The first-order valence-electron chi connectivity index (χ1n) is 5.96. The minimum atomic E-state index is -1.08. The SMILES string of the molecule is COCCCNC(=O)COc1ccc(I)cc1C(=O)O. The lowest BCUT2D eigenvalue weighted by atomic mass is 10.2. The van der Waals surface area contributed by atoms with Crippen LogP contribution in [0.5, 0.6) is 5.75 Å². The standard InChI is InChI=1S/C13H16INO5/c1-19-6-2-5-15-12(16)8-20-11-4-3-9(14)7-10(11)13(17)18/h3-4,7H,2,5-6,8H2,1H3,(H,15,16)(H,17,18). The summed E-state index contributed by atoms with van der Waals surface area (Å²) >= 11 is 2.01. The Morgan fingerprint density at radius 3 is 2.80 bits per heavy atom. The van der Waals surface area contributed by atoms with Crippen LogP contribution in [0.15, 0.2) is 18.2 Å². The Balaban J connectivity index is 2.49. The quantitative estimate of drug-likeness (QED) is 0.517. The first-order valence-corrected chi connectivity index (χ1v) is 7.03. The molecule has 0 radical (unpaired) electrons. The van der Waals surface area contributed by atoms with Gasteiger partial charge in [-0.3, -0.25) is 4.79 Å². The van der Waals surface area contributed by atoms with Crippen molar-refractivity contribution in [3.63, 3.8) is 0 Å². The van der Waals surface area contributed by atoms with E-state index in [0.29, 0.717) is 19.6 Å². The van der Waals surface area contributed by atoms with E-state index in [9.17, 15) is 9.59 Å². The lowest BCUT2D eigenvalue weighted by Gasteiger charge is -2.10. The first kappa shape index (κ1) is 16.7. The van der Waals surface area contributed by atoms with Gasteiger partial charge in [-0.15, -0.1) is 0 Å². The van der Waals surface area contributed by atoms with Gasteiger partial charge in [0, 0.05) is 23.8 Å². The molecular weight excluding hydrogens is 377 g/mol. The highest BCUT2D eigenvalue weighted by Crippen LogP contribution is 2.21. The van der Waals surface area contributed by atoms with Gasteiger partial charge in [-0.2, -0.15) is 0 Å². The Labute approximate surface area is 130 Å². The number of aromatic carboxylic acids is 1. The van der Waals surface area contributed by atoms with Gasteiger partial charge >= 0.3 is 5.97 Å². The number of nitrogens with one attached hydrogen (secondary N) is 1. The number of halogens is 1. The molecule has 0 spiro atoms. The molecular formula is C13H16INO5. The van der Waals surface area contributed by atoms with Gasteiger partial charge in [0.25, 0.3) is 5.91 Å². The predicted octanol–water partition coefficient (Wildman–Crippen LogP) is 1.52. The number of methoxy groups -OCH3 is 1. The third kappa shape index (κ3) is 5.74. The second kappa shape index (κ2) is 8.75. The molecule has 0 saturated carbocycles. The summed E-state index contributed by atoms with van der Waals surface area (Å²) < 4.78 is 10.9. The van der Waals surface area contributed by atoms with E-state index in [-0.39, 0.29) is 23.8 Å². The highest BCUT2D eigenvalue weighted by atomic mass is 127. The molecule has 0 aliphatic carbocycles.